The molecule has 1 fully saturated rings. The Kier molecular flexibility index (Phi) is 3.93. The van der Waals surface area contributed by atoms with Gasteiger partial charge in [0.05, 0.1) is 18.1 Å². The highest BCUT2D eigenvalue weighted by Crippen LogP contribution is 2.28. The smallest absolute Gasteiger partial charge is 0.222 e. The van der Waals surface area contributed by atoms with Crippen molar-refractivity contribution in [3.63, 3.8) is 0 Å². The standard InChI is InChI=1S/C11H18N4O/c12-10-6-14-11(15-7-10)13-4-1-5-16-8-9-2-3-9/h6-7,9H,1-5,8,12H2,(H,13,14,15). The van der Waals surface area contributed by atoms with Crippen LogP contribution in [-0.4, -0.2) is 29.7 Å². The van der Waals surface area contributed by atoms with E-state index in [9.17, 15) is 0 Å². The zero-order chi connectivity index (χ0) is 11.2. The van der Waals surface area contributed by atoms with Crippen molar-refractivity contribution < 1.29 is 4.74 Å². The van der Waals surface area contributed by atoms with Gasteiger partial charge in [0.15, 0.2) is 0 Å². The summed E-state index contributed by atoms with van der Waals surface area (Å²) in [6, 6.07) is 0. The molecule has 88 valence electrons. The predicted molar refractivity (Wildman–Crippen MR) is 63.1 cm³/mol. The lowest BCUT2D eigenvalue weighted by atomic mass is 10.4. The zero-order valence-electron chi connectivity index (χ0n) is 9.35. The third-order valence-electron chi connectivity index (χ3n) is 2.47. The fourth-order valence-electron chi connectivity index (χ4n) is 1.34. The van der Waals surface area contributed by atoms with Gasteiger partial charge in [0.2, 0.25) is 5.95 Å². The van der Waals surface area contributed by atoms with Gasteiger partial charge < -0.3 is 15.8 Å². The van der Waals surface area contributed by atoms with E-state index in [0.29, 0.717) is 11.6 Å². The summed E-state index contributed by atoms with van der Waals surface area (Å²) < 4.78 is 5.51. The highest BCUT2D eigenvalue weighted by Gasteiger charge is 2.20. The maximum absolute atomic E-state index is 5.51. The number of rotatable bonds is 7. The van der Waals surface area contributed by atoms with Crippen LogP contribution in [0.25, 0.3) is 0 Å². The Labute approximate surface area is 95.4 Å². The van der Waals surface area contributed by atoms with E-state index in [0.717, 1.165) is 32.1 Å². The predicted octanol–water partition coefficient (Wildman–Crippen LogP) is 1.29. The monoisotopic (exact) mass is 222 g/mol. The third-order valence-corrected chi connectivity index (χ3v) is 2.47. The van der Waals surface area contributed by atoms with Gasteiger partial charge in [-0.3, -0.25) is 0 Å². The Bertz CT molecular complexity index is 310. The first-order chi connectivity index (χ1) is 7.84. The van der Waals surface area contributed by atoms with Crippen LogP contribution in [0.3, 0.4) is 0 Å². The Morgan fingerprint density at radius 1 is 1.38 bits per heavy atom. The summed E-state index contributed by atoms with van der Waals surface area (Å²) in [6.45, 7) is 2.56. The van der Waals surface area contributed by atoms with E-state index in [1.54, 1.807) is 12.4 Å². The maximum Gasteiger partial charge on any atom is 0.222 e. The lowest BCUT2D eigenvalue weighted by Gasteiger charge is -2.05. The van der Waals surface area contributed by atoms with Crippen LogP contribution in [-0.2, 0) is 4.74 Å². The molecule has 1 aromatic heterocycles. The topological polar surface area (TPSA) is 73.1 Å². The lowest BCUT2D eigenvalue weighted by Crippen LogP contribution is -2.09. The lowest BCUT2D eigenvalue weighted by molar-refractivity contribution is 0.124. The molecule has 1 heterocycles. The maximum atomic E-state index is 5.51. The molecular formula is C11H18N4O. The molecular weight excluding hydrogens is 204 g/mol. The van der Waals surface area contributed by atoms with E-state index in [-0.39, 0.29) is 0 Å². The second kappa shape index (κ2) is 5.65. The molecule has 1 aliphatic rings. The molecule has 0 aliphatic heterocycles. The highest BCUT2D eigenvalue weighted by molar-refractivity contribution is 5.35. The molecule has 2 rings (SSSR count). The molecule has 0 bridgehead atoms. The van der Waals surface area contributed by atoms with Crippen LogP contribution in [0.2, 0.25) is 0 Å². The van der Waals surface area contributed by atoms with Crippen LogP contribution < -0.4 is 11.1 Å². The minimum absolute atomic E-state index is 0.582. The molecule has 0 amide bonds. The summed E-state index contributed by atoms with van der Waals surface area (Å²) in [4.78, 5) is 8.09. The summed E-state index contributed by atoms with van der Waals surface area (Å²) in [6.07, 6.45) is 6.85. The van der Waals surface area contributed by atoms with Crippen LogP contribution in [0, 0.1) is 5.92 Å². The summed E-state index contributed by atoms with van der Waals surface area (Å²) in [5.74, 6) is 1.46. The third kappa shape index (κ3) is 4.02. The minimum Gasteiger partial charge on any atom is -0.396 e. The van der Waals surface area contributed by atoms with E-state index in [1.807, 2.05) is 0 Å². The molecule has 0 saturated heterocycles. The fourth-order valence-corrected chi connectivity index (χ4v) is 1.34. The van der Waals surface area contributed by atoms with Crippen LogP contribution in [0.1, 0.15) is 19.3 Å². The highest BCUT2D eigenvalue weighted by atomic mass is 16.5. The largest absolute Gasteiger partial charge is 0.396 e. The second-order valence-corrected chi connectivity index (χ2v) is 4.14. The number of nitrogens with two attached hydrogens (primary N) is 1. The minimum atomic E-state index is 0.582. The second-order valence-electron chi connectivity index (χ2n) is 4.14. The molecule has 5 nitrogen and oxygen atoms in total. The number of nitrogen functional groups attached to an aromatic ring is 1. The first-order valence-corrected chi connectivity index (χ1v) is 5.74. The van der Waals surface area contributed by atoms with Gasteiger partial charge in [-0.2, -0.15) is 0 Å². The number of nitrogens with zero attached hydrogens (tertiary/aromatic N) is 2. The Balaban J connectivity index is 1.51. The average Bonchev–Trinajstić information content (AvgIpc) is 3.10. The summed E-state index contributed by atoms with van der Waals surface area (Å²) in [5, 5.41) is 3.12. The molecule has 1 aromatic rings. The van der Waals surface area contributed by atoms with Crippen molar-refractivity contribution in [2.24, 2.45) is 5.92 Å². The Hall–Kier alpha value is -1.36. The van der Waals surface area contributed by atoms with Crippen LogP contribution in [0.15, 0.2) is 12.4 Å². The Morgan fingerprint density at radius 3 is 2.81 bits per heavy atom. The van der Waals surface area contributed by atoms with Crippen LogP contribution in [0.5, 0.6) is 0 Å². The first kappa shape index (κ1) is 11.1. The van der Waals surface area contributed by atoms with Gasteiger partial charge >= 0.3 is 0 Å². The van der Waals surface area contributed by atoms with Crippen molar-refractivity contribution in [3.8, 4) is 0 Å². The zero-order valence-corrected chi connectivity index (χ0v) is 9.35. The van der Waals surface area contributed by atoms with Crippen molar-refractivity contribution in [1.82, 2.24) is 9.97 Å². The van der Waals surface area contributed by atoms with E-state index < -0.39 is 0 Å². The van der Waals surface area contributed by atoms with Gasteiger partial charge in [-0.25, -0.2) is 9.97 Å². The van der Waals surface area contributed by atoms with Crippen molar-refractivity contribution in [3.05, 3.63) is 12.4 Å². The van der Waals surface area contributed by atoms with E-state index in [4.69, 9.17) is 10.5 Å². The number of hydrogen-bond acceptors (Lipinski definition) is 5. The van der Waals surface area contributed by atoms with Crippen molar-refractivity contribution in [2.45, 2.75) is 19.3 Å². The van der Waals surface area contributed by atoms with Gasteiger partial charge in [0.1, 0.15) is 0 Å². The quantitative estimate of drug-likeness (QED) is 0.680. The van der Waals surface area contributed by atoms with Gasteiger partial charge in [0, 0.05) is 19.8 Å². The first-order valence-electron chi connectivity index (χ1n) is 5.74. The molecule has 0 spiro atoms. The number of aromatic nitrogens is 2. The van der Waals surface area contributed by atoms with Crippen LogP contribution in [0.4, 0.5) is 11.6 Å². The molecule has 16 heavy (non-hydrogen) atoms. The molecule has 0 unspecified atom stereocenters. The van der Waals surface area contributed by atoms with E-state index >= 15 is 0 Å². The molecule has 5 heteroatoms. The summed E-state index contributed by atoms with van der Waals surface area (Å²) in [5.41, 5.74) is 6.06. The van der Waals surface area contributed by atoms with Gasteiger partial charge in [-0.15, -0.1) is 0 Å². The van der Waals surface area contributed by atoms with Gasteiger partial charge in [-0.1, -0.05) is 0 Å². The van der Waals surface area contributed by atoms with Gasteiger partial charge in [0.25, 0.3) is 0 Å². The number of nitrogens with one attached hydrogen (secondary N) is 1. The van der Waals surface area contributed by atoms with Gasteiger partial charge in [-0.05, 0) is 25.2 Å². The molecule has 0 radical (unpaired) electrons. The molecule has 0 aromatic carbocycles. The van der Waals surface area contributed by atoms with Crippen molar-refractivity contribution in [2.75, 3.05) is 30.8 Å². The van der Waals surface area contributed by atoms with Crippen molar-refractivity contribution in [1.29, 1.82) is 0 Å². The van der Waals surface area contributed by atoms with Crippen LogP contribution >= 0.6 is 0 Å². The number of hydrogen-bond donors (Lipinski definition) is 2. The van der Waals surface area contributed by atoms with Crippen molar-refractivity contribution >= 4 is 11.6 Å². The number of ether oxygens (including phenoxy) is 1. The Morgan fingerprint density at radius 2 is 2.12 bits per heavy atom. The average molecular weight is 222 g/mol. The molecule has 3 N–H and O–H groups in total. The SMILES string of the molecule is Nc1cnc(NCCCOCC2CC2)nc1. The molecule has 0 atom stereocenters. The summed E-state index contributed by atoms with van der Waals surface area (Å²) in [7, 11) is 0. The van der Waals surface area contributed by atoms with E-state index in [2.05, 4.69) is 15.3 Å². The fraction of sp³-hybridized carbons (Fsp3) is 0.636. The molecule has 1 aliphatic carbocycles. The molecule has 1 saturated carbocycles. The summed E-state index contributed by atoms with van der Waals surface area (Å²) >= 11 is 0. The normalized spacial score (nSPS) is 15.0. The van der Waals surface area contributed by atoms with E-state index in [1.165, 1.54) is 12.8 Å². The number of anilines is 2.